The lowest BCUT2D eigenvalue weighted by Crippen LogP contribution is -2.10. The second kappa shape index (κ2) is 40.0. The fourth-order valence-corrected chi connectivity index (χ4v) is 12.5. The van der Waals surface area contributed by atoms with Gasteiger partial charge in [-0.05, 0) is 203 Å². The van der Waals surface area contributed by atoms with Crippen LogP contribution in [0.15, 0.2) is 352 Å². The SMILES string of the molecule is C.CC.CC.CC.CC.CCCCc1ccc(N(c2ccccc2)c2ccc(-c3ccc(N(c4ccccc4)c4ccc(CCCC)cc4)cc3)cc2)cc1.c1ccc(N(c2ccc(-c3ccc(N(c4ccccc4)c4cccc5ccccc45)cc3)cc2)c2cccc3ccccc23)cc1. The molecule has 0 saturated carbocycles. The molecule has 0 saturated heterocycles. The highest BCUT2D eigenvalue weighted by Crippen LogP contribution is 2.43. The first-order valence-corrected chi connectivity index (χ1v) is 36.5. The normalized spacial score (nSPS) is 10.2. The molecule has 14 rings (SSSR count). The number of rotatable bonds is 20. The first kappa shape index (κ1) is 75.6. The molecule has 14 aromatic carbocycles. The van der Waals surface area contributed by atoms with Crippen LogP contribution in [-0.4, -0.2) is 0 Å². The minimum absolute atomic E-state index is 0. The van der Waals surface area contributed by atoms with Gasteiger partial charge in [0.05, 0.1) is 11.4 Å². The highest BCUT2D eigenvalue weighted by molar-refractivity contribution is 6.00. The summed E-state index contributed by atoms with van der Waals surface area (Å²) >= 11 is 0. The summed E-state index contributed by atoms with van der Waals surface area (Å²) in [5.41, 5.74) is 21.3. The molecule has 0 aromatic heterocycles. The van der Waals surface area contributed by atoms with Gasteiger partial charge in [0.25, 0.3) is 0 Å². The lowest BCUT2D eigenvalue weighted by Gasteiger charge is -2.27. The average molecular weight is 1330 g/mol. The van der Waals surface area contributed by atoms with E-state index in [2.05, 4.69) is 385 Å². The van der Waals surface area contributed by atoms with E-state index in [1.807, 2.05) is 55.4 Å². The molecule has 0 aliphatic carbocycles. The molecule has 0 N–H and O–H groups in total. The number of anilines is 12. The summed E-state index contributed by atoms with van der Waals surface area (Å²) in [6.07, 6.45) is 7.13. The van der Waals surface area contributed by atoms with Crippen molar-refractivity contribution < 1.29 is 0 Å². The zero-order valence-electron chi connectivity index (χ0n) is 60.5. The van der Waals surface area contributed by atoms with Gasteiger partial charge in [0.2, 0.25) is 0 Å². The molecular weight excluding hydrogens is 1220 g/mol. The summed E-state index contributed by atoms with van der Waals surface area (Å²) in [5.74, 6) is 0. The third-order valence-electron chi connectivity index (χ3n) is 17.3. The molecule has 4 heteroatoms. The van der Waals surface area contributed by atoms with Crippen LogP contribution in [0.1, 0.15) is 113 Å². The lowest BCUT2D eigenvalue weighted by molar-refractivity contribution is 0.795. The van der Waals surface area contributed by atoms with Crippen LogP contribution in [0.4, 0.5) is 68.2 Å². The molecule has 0 bridgehead atoms. The summed E-state index contributed by atoms with van der Waals surface area (Å²) in [6, 6.07) is 126. The fraction of sp³-hybridized carbons (Fsp3) is 0.175. The van der Waals surface area contributed by atoms with Crippen molar-refractivity contribution in [2.75, 3.05) is 19.6 Å². The Morgan fingerprint density at radius 1 is 0.198 bits per heavy atom. The Hall–Kier alpha value is -11.2. The van der Waals surface area contributed by atoms with E-state index in [-0.39, 0.29) is 7.43 Å². The molecule has 0 atom stereocenters. The van der Waals surface area contributed by atoms with Gasteiger partial charge in [-0.1, -0.05) is 308 Å². The molecule has 0 radical (unpaired) electrons. The van der Waals surface area contributed by atoms with E-state index in [1.165, 1.54) is 92.0 Å². The van der Waals surface area contributed by atoms with Crippen molar-refractivity contribution in [1.82, 2.24) is 0 Å². The fourth-order valence-electron chi connectivity index (χ4n) is 12.5. The molecule has 0 spiro atoms. The predicted molar refractivity (Wildman–Crippen MR) is 447 cm³/mol. The Labute approximate surface area is 606 Å². The summed E-state index contributed by atoms with van der Waals surface area (Å²) in [4.78, 5) is 9.36. The van der Waals surface area contributed by atoms with Gasteiger partial charge in [0.1, 0.15) is 0 Å². The molecule has 4 nitrogen and oxygen atoms in total. The number of benzene rings is 14. The molecule has 0 aliphatic heterocycles. The second-order valence-corrected chi connectivity index (χ2v) is 23.4. The van der Waals surface area contributed by atoms with Crippen LogP contribution in [0.3, 0.4) is 0 Å². The van der Waals surface area contributed by atoms with Crippen molar-refractivity contribution in [2.45, 2.75) is 115 Å². The van der Waals surface area contributed by atoms with Crippen LogP contribution in [0, 0.1) is 0 Å². The van der Waals surface area contributed by atoms with E-state index in [0.717, 1.165) is 69.7 Å². The van der Waals surface area contributed by atoms with E-state index in [0.29, 0.717) is 0 Å². The van der Waals surface area contributed by atoms with Gasteiger partial charge in [-0.15, -0.1) is 0 Å². The third-order valence-corrected chi connectivity index (χ3v) is 17.3. The molecule has 0 unspecified atom stereocenters. The monoisotopic (exact) mass is 1320 g/mol. The van der Waals surface area contributed by atoms with Crippen molar-refractivity contribution in [3.63, 3.8) is 0 Å². The van der Waals surface area contributed by atoms with Crippen LogP contribution in [0.5, 0.6) is 0 Å². The van der Waals surface area contributed by atoms with Crippen LogP contribution < -0.4 is 19.6 Å². The highest BCUT2D eigenvalue weighted by Gasteiger charge is 2.19. The molecule has 0 aliphatic rings. The van der Waals surface area contributed by atoms with Crippen molar-refractivity contribution in [3.05, 3.63) is 363 Å². The first-order chi connectivity index (χ1) is 49.6. The quantitative estimate of drug-likeness (QED) is 0.0754. The van der Waals surface area contributed by atoms with Crippen molar-refractivity contribution in [3.8, 4) is 22.3 Å². The van der Waals surface area contributed by atoms with Gasteiger partial charge in [0.15, 0.2) is 0 Å². The molecule has 0 heterocycles. The molecule has 0 amide bonds. The lowest BCUT2D eigenvalue weighted by atomic mass is 10.0. The van der Waals surface area contributed by atoms with Gasteiger partial charge in [-0.25, -0.2) is 0 Å². The van der Waals surface area contributed by atoms with E-state index >= 15 is 0 Å². The topological polar surface area (TPSA) is 13.0 Å². The van der Waals surface area contributed by atoms with E-state index in [9.17, 15) is 0 Å². The largest absolute Gasteiger partial charge is 0.311 e. The van der Waals surface area contributed by atoms with E-state index in [4.69, 9.17) is 0 Å². The number of aryl methyl sites for hydroxylation is 2. The third kappa shape index (κ3) is 19.2. The van der Waals surface area contributed by atoms with Crippen molar-refractivity contribution in [2.24, 2.45) is 0 Å². The van der Waals surface area contributed by atoms with Gasteiger partial charge in [-0.2, -0.15) is 0 Å². The Kier molecular flexibility index (Phi) is 29.9. The zero-order chi connectivity index (χ0) is 70.3. The van der Waals surface area contributed by atoms with E-state index < -0.39 is 0 Å². The highest BCUT2D eigenvalue weighted by atomic mass is 15.2. The Bertz CT molecular complexity index is 4280. The Morgan fingerprint density at radius 2 is 0.406 bits per heavy atom. The van der Waals surface area contributed by atoms with Crippen LogP contribution in [-0.2, 0) is 12.8 Å². The minimum atomic E-state index is 0. The Balaban J connectivity index is 0.000000232. The second-order valence-electron chi connectivity index (χ2n) is 23.4. The maximum atomic E-state index is 2.34. The van der Waals surface area contributed by atoms with Gasteiger partial charge < -0.3 is 19.6 Å². The molecule has 0 fully saturated rings. The smallest absolute Gasteiger partial charge is 0.0540 e. The number of para-hydroxylation sites is 4. The zero-order valence-corrected chi connectivity index (χ0v) is 60.5. The number of nitrogens with zero attached hydrogens (tertiary/aromatic N) is 4. The van der Waals surface area contributed by atoms with Crippen LogP contribution >= 0.6 is 0 Å². The van der Waals surface area contributed by atoms with E-state index in [1.54, 1.807) is 0 Å². The predicted octanol–water partition coefficient (Wildman–Crippen LogP) is 30.3. The summed E-state index contributed by atoms with van der Waals surface area (Å²) in [5, 5.41) is 4.90. The molecule has 14 aromatic rings. The molecule has 512 valence electrons. The maximum absolute atomic E-state index is 2.34. The van der Waals surface area contributed by atoms with Crippen molar-refractivity contribution >= 4 is 89.8 Å². The first-order valence-electron chi connectivity index (χ1n) is 36.5. The van der Waals surface area contributed by atoms with Gasteiger partial charge in [0, 0.05) is 67.6 Å². The number of unbranched alkanes of at least 4 members (excludes halogenated alkanes) is 2. The van der Waals surface area contributed by atoms with Gasteiger partial charge >= 0.3 is 0 Å². The number of hydrogen-bond donors (Lipinski definition) is 0. The maximum Gasteiger partial charge on any atom is 0.0540 e. The summed E-state index contributed by atoms with van der Waals surface area (Å²) < 4.78 is 0. The summed E-state index contributed by atoms with van der Waals surface area (Å²) in [6.45, 7) is 20.5. The average Bonchev–Trinajstić information content (AvgIpc) is 0.799. The molecule has 101 heavy (non-hydrogen) atoms. The minimum Gasteiger partial charge on any atom is -0.311 e. The van der Waals surface area contributed by atoms with Crippen LogP contribution in [0.2, 0.25) is 0 Å². The number of hydrogen-bond acceptors (Lipinski definition) is 4. The number of fused-ring (bicyclic) bond motifs is 2. The summed E-state index contributed by atoms with van der Waals surface area (Å²) in [7, 11) is 0. The van der Waals surface area contributed by atoms with Crippen LogP contribution in [0.25, 0.3) is 43.8 Å². The Morgan fingerprint density at radius 3 is 0.673 bits per heavy atom. The molecular formula is C97H104N4. The van der Waals surface area contributed by atoms with Crippen molar-refractivity contribution in [1.29, 1.82) is 0 Å². The van der Waals surface area contributed by atoms with Gasteiger partial charge in [-0.3, -0.25) is 0 Å². The standard InChI is InChI=1S/C44H32N2.C44H44N2.4C2H6.CH4/c1-3-17-37(18-4-1)45(43-23-11-15-35-13-7-9-21-41(35)43)39-29-25-33(26-30-39)34-27-31-40(32-28-34)46(38-19-5-2-6-20-38)44-24-12-16-36-14-8-10-22-42(36)44;1-3-5-13-35-19-27-41(28-20-35)45(39-15-9-7-10-16-39)43-31-23-37(24-32-43)38-25-33-44(34-26-38)46(40-17-11-8-12-18-40)42-29-21-36(22-30-42)14-6-4-2;4*1-2;/h1-32H;7-12,15-34H,3-6,13-14H2,1-2H3;4*1-2H3;1H4.